The molecule has 4 heterocycles. The van der Waals surface area contributed by atoms with Crippen molar-refractivity contribution in [1.29, 1.82) is 0 Å². The first-order chi connectivity index (χ1) is 16.4. The van der Waals surface area contributed by atoms with Crippen LogP contribution < -0.4 is 14.8 Å². The molecule has 1 N–H and O–H groups in total. The number of fused-ring (bicyclic) bond motifs is 1. The van der Waals surface area contributed by atoms with Crippen LogP contribution in [0.25, 0.3) is 5.65 Å². The Morgan fingerprint density at radius 3 is 2.74 bits per heavy atom. The zero-order valence-electron chi connectivity index (χ0n) is 18.2. The lowest BCUT2D eigenvalue weighted by Crippen LogP contribution is -2.51. The average molecular weight is 534 g/mol. The number of hydrogen-bond donors (Lipinski definition) is 1. The number of nitrogens with one attached hydrogen (secondary N) is 1. The van der Waals surface area contributed by atoms with Crippen molar-refractivity contribution in [2.75, 3.05) is 18.1 Å². The number of aromatic nitrogens is 4. The molecule has 0 unspecified atom stereocenters. The van der Waals surface area contributed by atoms with E-state index in [0.29, 0.717) is 0 Å². The van der Waals surface area contributed by atoms with Crippen LogP contribution in [0.5, 0.6) is 17.5 Å². The molecule has 0 atom stereocenters. The van der Waals surface area contributed by atoms with Crippen molar-refractivity contribution in [3.63, 3.8) is 0 Å². The Labute approximate surface area is 202 Å². The van der Waals surface area contributed by atoms with Crippen LogP contribution in [-0.2, 0) is 9.84 Å². The van der Waals surface area contributed by atoms with Gasteiger partial charge in [0.1, 0.15) is 16.4 Å². The first kappa shape index (κ1) is 25.0. The van der Waals surface area contributed by atoms with Crippen LogP contribution in [0, 0.1) is 5.82 Å². The highest BCUT2D eigenvalue weighted by atomic mass is 35.5. The third-order valence-electron chi connectivity index (χ3n) is 5.31. The number of hydrogen-bond acceptors (Lipinski definition) is 8. The Morgan fingerprint density at radius 1 is 1.34 bits per heavy atom. The summed E-state index contributed by atoms with van der Waals surface area (Å²) in [4.78, 5) is 20.6. The van der Waals surface area contributed by atoms with E-state index in [9.17, 15) is 22.0 Å². The summed E-state index contributed by atoms with van der Waals surface area (Å²) >= 11 is 5.83. The van der Waals surface area contributed by atoms with Gasteiger partial charge in [0.05, 0.1) is 16.5 Å². The molecule has 0 aliphatic carbocycles. The molecule has 35 heavy (non-hydrogen) atoms. The normalized spacial score (nSPS) is 16.9. The smallest absolute Gasteiger partial charge is 0.275 e. The number of carbonyl (C=O) groups is 1. The van der Waals surface area contributed by atoms with Crippen LogP contribution in [-0.4, -0.2) is 64.0 Å². The number of nitrogens with zero attached hydrogens (tertiary/aromatic N) is 4. The minimum atomic E-state index is -3.15. The highest BCUT2D eigenvalue weighted by Crippen LogP contribution is 2.31. The maximum absolute atomic E-state index is 15.0. The maximum atomic E-state index is 15.0. The van der Waals surface area contributed by atoms with E-state index in [1.54, 1.807) is 6.92 Å². The van der Waals surface area contributed by atoms with Gasteiger partial charge in [0.25, 0.3) is 18.2 Å². The Hall–Kier alpha value is -3.13. The molecule has 1 aliphatic heterocycles. The lowest BCUT2D eigenvalue weighted by molar-refractivity contribution is 0.0803. The van der Waals surface area contributed by atoms with Gasteiger partial charge in [-0.3, -0.25) is 4.79 Å². The van der Waals surface area contributed by atoms with Gasteiger partial charge in [-0.15, -0.1) is 0 Å². The molecule has 0 radical (unpaired) electrons. The second-order valence-corrected chi connectivity index (χ2v) is 10.9. The number of pyridine rings is 1. The maximum Gasteiger partial charge on any atom is 0.275 e. The van der Waals surface area contributed by atoms with Crippen LogP contribution >= 0.6 is 11.6 Å². The largest absolute Gasteiger partial charge is 0.482 e. The first-order valence-electron chi connectivity index (χ1n) is 10.3. The number of amides is 1. The summed E-state index contributed by atoms with van der Waals surface area (Å²) in [7, 11) is -3.15. The van der Waals surface area contributed by atoms with Crippen molar-refractivity contribution in [1.82, 2.24) is 24.9 Å². The molecule has 10 nitrogen and oxygen atoms in total. The summed E-state index contributed by atoms with van der Waals surface area (Å²) in [6, 6.07) is 2.52. The molecule has 3 aromatic heterocycles. The topological polar surface area (TPSA) is 125 Å². The van der Waals surface area contributed by atoms with Gasteiger partial charge in [-0.05, 0) is 19.8 Å². The van der Waals surface area contributed by atoms with Gasteiger partial charge >= 0.3 is 0 Å². The van der Waals surface area contributed by atoms with Crippen molar-refractivity contribution in [2.45, 2.75) is 31.7 Å². The second-order valence-electron chi connectivity index (χ2n) is 8.12. The molecule has 4 rings (SSSR count). The van der Waals surface area contributed by atoms with Crippen LogP contribution in [0.1, 0.15) is 30.3 Å². The minimum Gasteiger partial charge on any atom is -0.482 e. The summed E-state index contributed by atoms with van der Waals surface area (Å²) in [5.41, 5.74) is -1.70. The van der Waals surface area contributed by atoms with E-state index in [-0.39, 0.29) is 52.5 Å². The molecule has 15 heteroatoms. The van der Waals surface area contributed by atoms with Crippen LogP contribution in [0.2, 0.25) is 5.02 Å². The molecule has 1 aliphatic rings. The lowest BCUT2D eigenvalue weighted by atomic mass is 9.94. The van der Waals surface area contributed by atoms with E-state index in [1.165, 1.54) is 24.5 Å². The molecule has 0 spiro atoms. The van der Waals surface area contributed by atoms with E-state index < -0.39 is 45.8 Å². The van der Waals surface area contributed by atoms with Gasteiger partial charge in [0.15, 0.2) is 17.1 Å². The quantitative estimate of drug-likeness (QED) is 0.491. The Balaban J connectivity index is 1.55. The van der Waals surface area contributed by atoms with Crippen LogP contribution in [0.4, 0.5) is 13.2 Å². The van der Waals surface area contributed by atoms with Gasteiger partial charge < -0.3 is 14.8 Å². The highest BCUT2D eigenvalue weighted by molar-refractivity contribution is 7.91. The fraction of sp³-hybridized carbons (Fsp3) is 0.400. The molecule has 1 fully saturated rings. The zero-order chi connectivity index (χ0) is 25.4. The second kappa shape index (κ2) is 9.49. The van der Waals surface area contributed by atoms with Crippen molar-refractivity contribution in [3.8, 4) is 17.5 Å². The number of ether oxygens (including phenoxy) is 2. The van der Waals surface area contributed by atoms with Gasteiger partial charge in [-0.1, -0.05) is 11.6 Å². The Bertz CT molecular complexity index is 1370. The Kier molecular flexibility index (Phi) is 6.77. The number of rotatable bonds is 7. The van der Waals surface area contributed by atoms with Gasteiger partial charge in [0.2, 0.25) is 11.7 Å². The number of carbonyl (C=O) groups excluding carboxylic acids is 1. The van der Waals surface area contributed by atoms with Crippen molar-refractivity contribution >= 4 is 33.0 Å². The fourth-order valence-electron chi connectivity index (χ4n) is 3.37. The third kappa shape index (κ3) is 5.75. The number of halogens is 4. The van der Waals surface area contributed by atoms with E-state index in [4.69, 9.17) is 21.1 Å². The minimum absolute atomic E-state index is 0.0819. The molecule has 1 saturated heterocycles. The standard InChI is InChI=1S/C20H19ClF3N5O5S/c1-20(3-6-35(31,32)7-4-20)27-18(30)16-15(24)17-26-14(2-5-29(17)28-16)34-19-12(33-10-13(22)23)8-11(21)9-25-19/h2,5,8-9,13H,3-4,6-7,10H2,1H3,(H,27,30). The van der Waals surface area contributed by atoms with E-state index >= 15 is 4.39 Å². The summed E-state index contributed by atoms with van der Waals surface area (Å²) in [6.07, 6.45) is 0.111. The molecule has 0 bridgehead atoms. The van der Waals surface area contributed by atoms with Crippen LogP contribution in [0.15, 0.2) is 24.5 Å². The molecule has 0 saturated carbocycles. The van der Waals surface area contributed by atoms with Gasteiger partial charge in [-0.25, -0.2) is 31.1 Å². The molecule has 0 aromatic carbocycles. The zero-order valence-corrected chi connectivity index (χ0v) is 19.7. The summed E-state index contributed by atoms with van der Waals surface area (Å²) in [5, 5.41) is 6.70. The lowest BCUT2D eigenvalue weighted by Gasteiger charge is -2.34. The monoisotopic (exact) mass is 533 g/mol. The molecular weight excluding hydrogens is 515 g/mol. The number of alkyl halides is 2. The molecule has 188 valence electrons. The third-order valence-corrected chi connectivity index (χ3v) is 7.17. The van der Waals surface area contributed by atoms with Gasteiger partial charge in [-0.2, -0.15) is 10.1 Å². The average Bonchev–Trinajstić information content (AvgIpc) is 3.12. The predicted octanol–water partition coefficient (Wildman–Crippen LogP) is 3.05. The predicted molar refractivity (Wildman–Crippen MR) is 118 cm³/mol. The van der Waals surface area contributed by atoms with E-state index in [1.807, 2.05) is 0 Å². The van der Waals surface area contributed by atoms with E-state index in [2.05, 4.69) is 20.4 Å². The van der Waals surface area contributed by atoms with Crippen molar-refractivity contribution in [3.05, 3.63) is 41.1 Å². The van der Waals surface area contributed by atoms with E-state index in [0.717, 1.165) is 4.52 Å². The summed E-state index contributed by atoms with van der Waals surface area (Å²) in [5.74, 6) is -2.59. The summed E-state index contributed by atoms with van der Waals surface area (Å²) < 4.78 is 74.9. The molecule has 3 aromatic rings. The number of sulfone groups is 1. The first-order valence-corrected chi connectivity index (χ1v) is 12.5. The van der Waals surface area contributed by atoms with Crippen molar-refractivity contribution < 1.29 is 35.9 Å². The Morgan fingerprint density at radius 2 is 2.06 bits per heavy atom. The molecular formula is C20H19ClF3N5O5S. The summed E-state index contributed by atoms with van der Waals surface area (Å²) in [6.45, 7) is 0.760. The van der Waals surface area contributed by atoms with Gasteiger partial charge in [0, 0.05) is 30.1 Å². The molecule has 1 amide bonds. The van der Waals surface area contributed by atoms with Crippen LogP contribution in [0.3, 0.4) is 0 Å². The SMILES string of the molecule is CC1(NC(=O)c2nn3ccc(Oc4ncc(Cl)cc4OCC(F)F)nc3c2F)CCS(=O)(=O)CC1. The highest BCUT2D eigenvalue weighted by Gasteiger charge is 2.36. The van der Waals surface area contributed by atoms with Crippen molar-refractivity contribution in [2.24, 2.45) is 0 Å². The fourth-order valence-corrected chi connectivity index (χ4v) is 5.25.